The van der Waals surface area contributed by atoms with E-state index in [1.807, 2.05) is 12.1 Å². The quantitative estimate of drug-likeness (QED) is 0.702. The van der Waals surface area contributed by atoms with Crippen molar-refractivity contribution in [3.8, 4) is 10.6 Å². The fourth-order valence-corrected chi connectivity index (χ4v) is 4.64. The van der Waals surface area contributed by atoms with E-state index in [4.69, 9.17) is 4.74 Å². The number of alkyl halides is 2. The topological polar surface area (TPSA) is 54.7 Å². The zero-order valence-corrected chi connectivity index (χ0v) is 16.0. The van der Waals surface area contributed by atoms with Crippen LogP contribution in [0.5, 0.6) is 0 Å². The smallest absolute Gasteiger partial charge is 0.272 e. The minimum absolute atomic E-state index is 0.0582. The minimum atomic E-state index is -2.46. The van der Waals surface area contributed by atoms with Crippen molar-refractivity contribution in [1.29, 1.82) is 0 Å². The molecule has 0 saturated carbocycles. The Morgan fingerprint density at radius 1 is 1.14 bits per heavy atom. The highest BCUT2D eigenvalue weighted by Gasteiger charge is 2.29. The number of aromatic nitrogens is 3. The van der Waals surface area contributed by atoms with Crippen molar-refractivity contribution in [3.05, 3.63) is 35.3 Å². The van der Waals surface area contributed by atoms with Gasteiger partial charge in [-0.2, -0.15) is 0 Å². The van der Waals surface area contributed by atoms with Gasteiger partial charge in [0.05, 0.1) is 35.2 Å². The fraction of sp³-hybridized carbons (Fsp3) is 0.474. The predicted molar refractivity (Wildman–Crippen MR) is 104 cm³/mol. The number of hydrogen-bond acceptors (Lipinski definition) is 6. The van der Waals surface area contributed by atoms with Gasteiger partial charge in [0.2, 0.25) is 0 Å². The molecule has 148 valence electrons. The molecule has 2 aliphatic heterocycles. The molecule has 0 bridgehead atoms. The molecule has 0 aromatic carbocycles. The van der Waals surface area contributed by atoms with Gasteiger partial charge in [-0.15, -0.1) is 16.4 Å². The van der Waals surface area contributed by atoms with Gasteiger partial charge in [0.1, 0.15) is 11.5 Å². The number of imidazole rings is 1. The summed E-state index contributed by atoms with van der Waals surface area (Å²) in [4.78, 5) is 7.66. The molecule has 5 heterocycles. The lowest BCUT2D eigenvalue weighted by Gasteiger charge is -2.41. The summed E-state index contributed by atoms with van der Waals surface area (Å²) in [5, 5.41) is 8.20. The summed E-state index contributed by atoms with van der Waals surface area (Å²) in [5.41, 5.74) is 1.43. The molecular weight excluding hydrogens is 384 g/mol. The molecule has 2 saturated heterocycles. The van der Waals surface area contributed by atoms with Gasteiger partial charge in [0, 0.05) is 19.1 Å². The van der Waals surface area contributed by atoms with Gasteiger partial charge in [-0.3, -0.25) is 4.90 Å². The van der Waals surface area contributed by atoms with E-state index in [1.54, 1.807) is 16.8 Å². The lowest BCUT2D eigenvalue weighted by Crippen LogP contribution is -2.53. The number of halogens is 2. The van der Waals surface area contributed by atoms with Crippen molar-refractivity contribution in [2.24, 2.45) is 0 Å². The van der Waals surface area contributed by atoms with Gasteiger partial charge in [0.15, 0.2) is 5.65 Å². The highest BCUT2D eigenvalue weighted by molar-refractivity contribution is 7.15. The molecule has 28 heavy (non-hydrogen) atoms. The summed E-state index contributed by atoms with van der Waals surface area (Å²) in [6.07, 6.45) is 1.36. The van der Waals surface area contributed by atoms with E-state index >= 15 is 0 Å². The van der Waals surface area contributed by atoms with Crippen LogP contribution in [0.25, 0.3) is 16.2 Å². The largest absolute Gasteiger partial charge is 0.378 e. The zero-order chi connectivity index (χ0) is 19.1. The molecule has 0 spiro atoms. The third-order valence-corrected chi connectivity index (χ3v) is 6.59. The first-order valence-corrected chi connectivity index (χ1v) is 10.3. The Labute approximate surface area is 165 Å². The van der Waals surface area contributed by atoms with E-state index in [0.29, 0.717) is 17.7 Å². The van der Waals surface area contributed by atoms with Crippen molar-refractivity contribution in [2.45, 2.75) is 31.4 Å². The Morgan fingerprint density at radius 3 is 2.64 bits per heavy atom. The molecule has 3 aromatic heterocycles. The van der Waals surface area contributed by atoms with Crippen LogP contribution in [-0.2, 0) is 4.74 Å². The van der Waals surface area contributed by atoms with Crippen LogP contribution in [0.1, 0.15) is 24.1 Å². The second-order valence-electron chi connectivity index (χ2n) is 7.28. The van der Waals surface area contributed by atoms with Crippen LogP contribution < -0.4 is 5.32 Å². The van der Waals surface area contributed by atoms with E-state index in [-0.39, 0.29) is 4.88 Å². The highest BCUT2D eigenvalue weighted by atomic mass is 32.1. The Hall–Kier alpha value is -2.10. The number of hydrogen-bond donors (Lipinski definition) is 1. The lowest BCUT2D eigenvalue weighted by atomic mass is 10.0. The molecule has 2 aliphatic rings. The summed E-state index contributed by atoms with van der Waals surface area (Å²) in [7, 11) is 0. The molecule has 0 unspecified atom stereocenters. The first-order valence-electron chi connectivity index (χ1n) is 9.49. The highest BCUT2D eigenvalue weighted by Crippen LogP contribution is 2.33. The third kappa shape index (κ3) is 3.38. The number of nitrogens with one attached hydrogen (secondary N) is 1. The fourth-order valence-electron chi connectivity index (χ4n) is 3.78. The molecule has 0 atom stereocenters. The van der Waals surface area contributed by atoms with Gasteiger partial charge in [-0.25, -0.2) is 18.3 Å². The Bertz CT molecular complexity index is 962. The van der Waals surface area contributed by atoms with Gasteiger partial charge in [-0.1, -0.05) is 0 Å². The SMILES string of the molecule is FC(F)c1ccc(-c2cnc3ccc(NC4CCN(C5COC5)CC4)nn23)s1. The summed E-state index contributed by atoms with van der Waals surface area (Å²) < 4.78 is 32.8. The molecule has 2 fully saturated rings. The number of ether oxygens (including phenoxy) is 1. The van der Waals surface area contributed by atoms with E-state index in [1.165, 1.54) is 6.07 Å². The molecule has 0 aliphatic carbocycles. The Kier molecular flexibility index (Phi) is 4.73. The van der Waals surface area contributed by atoms with Gasteiger partial charge < -0.3 is 10.1 Å². The first kappa shape index (κ1) is 18.0. The minimum Gasteiger partial charge on any atom is -0.378 e. The van der Waals surface area contributed by atoms with Crippen LogP contribution in [0.2, 0.25) is 0 Å². The van der Waals surface area contributed by atoms with E-state index in [0.717, 1.165) is 66.9 Å². The molecule has 1 N–H and O–H groups in total. The number of piperidine rings is 1. The predicted octanol–water partition coefficient (Wildman–Crippen LogP) is 3.67. The molecule has 0 radical (unpaired) electrons. The second kappa shape index (κ2) is 7.38. The monoisotopic (exact) mass is 405 g/mol. The molecular formula is C19H21F2N5OS. The number of fused-ring (bicyclic) bond motifs is 1. The van der Waals surface area contributed by atoms with Gasteiger partial charge in [-0.05, 0) is 37.1 Å². The average Bonchev–Trinajstić information content (AvgIpc) is 3.28. The second-order valence-corrected chi connectivity index (χ2v) is 8.40. The molecule has 6 nitrogen and oxygen atoms in total. The van der Waals surface area contributed by atoms with Crippen LogP contribution >= 0.6 is 11.3 Å². The van der Waals surface area contributed by atoms with Crippen LogP contribution in [-0.4, -0.2) is 57.9 Å². The van der Waals surface area contributed by atoms with Crippen LogP contribution in [0.15, 0.2) is 30.5 Å². The number of anilines is 1. The summed E-state index contributed by atoms with van der Waals surface area (Å²) in [6.45, 7) is 3.84. The van der Waals surface area contributed by atoms with E-state index in [9.17, 15) is 8.78 Å². The summed E-state index contributed by atoms with van der Waals surface area (Å²) in [6, 6.07) is 7.97. The van der Waals surface area contributed by atoms with Gasteiger partial charge >= 0.3 is 0 Å². The maximum Gasteiger partial charge on any atom is 0.272 e. The number of nitrogens with zero attached hydrogens (tertiary/aromatic N) is 4. The maximum absolute atomic E-state index is 12.9. The zero-order valence-electron chi connectivity index (χ0n) is 15.2. The lowest BCUT2D eigenvalue weighted by molar-refractivity contribution is -0.0705. The first-order chi connectivity index (χ1) is 13.7. The average molecular weight is 405 g/mol. The normalized spacial score (nSPS) is 19.4. The molecule has 0 amide bonds. The number of rotatable bonds is 5. The third-order valence-electron chi connectivity index (χ3n) is 5.48. The Balaban J connectivity index is 1.32. The Morgan fingerprint density at radius 2 is 1.96 bits per heavy atom. The van der Waals surface area contributed by atoms with Crippen molar-refractivity contribution < 1.29 is 13.5 Å². The van der Waals surface area contributed by atoms with Crippen LogP contribution in [0, 0.1) is 0 Å². The van der Waals surface area contributed by atoms with E-state index in [2.05, 4.69) is 20.3 Å². The number of thiophene rings is 1. The van der Waals surface area contributed by atoms with Crippen molar-refractivity contribution in [3.63, 3.8) is 0 Å². The van der Waals surface area contributed by atoms with Crippen LogP contribution in [0.4, 0.5) is 14.6 Å². The van der Waals surface area contributed by atoms with Crippen molar-refractivity contribution in [1.82, 2.24) is 19.5 Å². The molecule has 9 heteroatoms. The van der Waals surface area contributed by atoms with Crippen LogP contribution in [0.3, 0.4) is 0 Å². The number of likely N-dealkylation sites (tertiary alicyclic amines) is 1. The maximum atomic E-state index is 12.9. The van der Waals surface area contributed by atoms with E-state index < -0.39 is 6.43 Å². The summed E-state index contributed by atoms with van der Waals surface area (Å²) >= 11 is 1.08. The van der Waals surface area contributed by atoms with Gasteiger partial charge in [0.25, 0.3) is 6.43 Å². The van der Waals surface area contributed by atoms with Crippen molar-refractivity contribution >= 4 is 22.8 Å². The molecule has 5 rings (SSSR count). The summed E-state index contributed by atoms with van der Waals surface area (Å²) in [5.74, 6) is 0.780. The molecule has 3 aromatic rings. The van der Waals surface area contributed by atoms with Crippen molar-refractivity contribution in [2.75, 3.05) is 31.6 Å². The standard InChI is InChI=1S/C19H21F2N5OS/c20-19(21)16-2-1-15(28-16)14-9-22-18-4-3-17(24-26(14)18)23-12-5-7-25(8-6-12)13-10-27-11-13/h1-4,9,12-13,19H,5-8,10-11H2,(H,23,24).